The number of halogens is 1. The smallest absolute Gasteiger partial charge is 0.269 e. The fourth-order valence-corrected chi connectivity index (χ4v) is 2.15. The Hall–Kier alpha value is -3.02. The summed E-state index contributed by atoms with van der Waals surface area (Å²) in [6.07, 6.45) is 0.113. The minimum Gasteiger partial charge on any atom is -0.493 e. The molecule has 2 N–H and O–H groups in total. The van der Waals surface area contributed by atoms with Crippen LogP contribution in [0.5, 0.6) is 5.88 Å². The number of carbonyl (C=O) groups excluding carboxylic acids is 1. The number of nitrogens with one attached hydrogen (secondary N) is 1. The first-order valence-electron chi connectivity index (χ1n) is 6.62. The number of H-pyrrole nitrogens is 1. The number of aromatic hydroxyl groups is 1. The molecule has 3 aromatic rings. The Labute approximate surface area is 125 Å². The van der Waals surface area contributed by atoms with Gasteiger partial charge in [0.25, 0.3) is 5.91 Å². The monoisotopic (exact) mass is 297 g/mol. The van der Waals surface area contributed by atoms with Crippen molar-refractivity contribution in [3.63, 3.8) is 0 Å². The summed E-state index contributed by atoms with van der Waals surface area (Å²) in [5.41, 5.74) is 1.39. The molecule has 0 spiro atoms. The SMILES string of the molecule is O=C(Cc1ccccc1)N=Nc1c(O)[nH]c2ccc(F)cc12. The van der Waals surface area contributed by atoms with Crippen LogP contribution in [0.2, 0.25) is 0 Å². The Morgan fingerprint density at radius 3 is 2.73 bits per heavy atom. The van der Waals surface area contributed by atoms with Gasteiger partial charge in [-0.2, -0.15) is 0 Å². The first kappa shape index (κ1) is 13.9. The molecule has 1 amide bonds. The van der Waals surface area contributed by atoms with Crippen LogP contribution in [0.25, 0.3) is 10.9 Å². The van der Waals surface area contributed by atoms with Gasteiger partial charge in [0.2, 0.25) is 5.88 Å². The number of azo groups is 1. The van der Waals surface area contributed by atoms with Gasteiger partial charge in [-0.25, -0.2) is 4.39 Å². The summed E-state index contributed by atoms with van der Waals surface area (Å²) in [6, 6.07) is 13.1. The van der Waals surface area contributed by atoms with Gasteiger partial charge in [0, 0.05) is 5.39 Å². The molecule has 5 nitrogen and oxygen atoms in total. The number of benzene rings is 2. The lowest BCUT2D eigenvalue weighted by Crippen LogP contribution is -1.97. The highest BCUT2D eigenvalue weighted by Gasteiger charge is 2.12. The average Bonchev–Trinajstić information content (AvgIpc) is 2.81. The molecule has 6 heteroatoms. The van der Waals surface area contributed by atoms with Crippen molar-refractivity contribution in [2.75, 3.05) is 0 Å². The number of hydrogen-bond donors (Lipinski definition) is 2. The van der Waals surface area contributed by atoms with Crippen LogP contribution in [-0.2, 0) is 11.2 Å². The van der Waals surface area contributed by atoms with Gasteiger partial charge in [-0.1, -0.05) is 30.3 Å². The van der Waals surface area contributed by atoms with Crippen LogP contribution in [0.4, 0.5) is 10.1 Å². The van der Waals surface area contributed by atoms with Gasteiger partial charge in [-0.15, -0.1) is 10.2 Å². The molecule has 2 aromatic carbocycles. The van der Waals surface area contributed by atoms with Crippen LogP contribution in [0.1, 0.15) is 5.56 Å². The third kappa shape index (κ3) is 2.85. The van der Waals surface area contributed by atoms with E-state index in [0.29, 0.717) is 10.9 Å². The van der Waals surface area contributed by atoms with Gasteiger partial charge in [-0.3, -0.25) is 4.79 Å². The summed E-state index contributed by atoms with van der Waals surface area (Å²) in [6.45, 7) is 0. The van der Waals surface area contributed by atoms with E-state index in [1.54, 1.807) is 0 Å². The topological polar surface area (TPSA) is 77.8 Å². The van der Waals surface area contributed by atoms with Crippen molar-refractivity contribution in [1.29, 1.82) is 0 Å². The van der Waals surface area contributed by atoms with Crippen molar-refractivity contribution in [3.8, 4) is 5.88 Å². The van der Waals surface area contributed by atoms with Gasteiger partial charge < -0.3 is 10.1 Å². The number of aromatic amines is 1. The molecule has 1 heterocycles. The number of hydrogen-bond acceptors (Lipinski definition) is 3. The van der Waals surface area contributed by atoms with Crippen molar-refractivity contribution in [1.82, 2.24) is 4.98 Å². The second kappa shape index (κ2) is 5.77. The maximum Gasteiger partial charge on any atom is 0.269 e. The molecule has 110 valence electrons. The van der Waals surface area contributed by atoms with E-state index in [1.807, 2.05) is 30.3 Å². The quantitative estimate of drug-likeness (QED) is 0.720. The third-order valence-corrected chi connectivity index (χ3v) is 3.17. The second-order valence-corrected chi connectivity index (χ2v) is 4.77. The molecule has 0 aliphatic rings. The highest BCUT2D eigenvalue weighted by atomic mass is 19.1. The molecular weight excluding hydrogens is 285 g/mol. The van der Waals surface area contributed by atoms with Gasteiger partial charge in [-0.05, 0) is 23.8 Å². The maximum absolute atomic E-state index is 13.3. The largest absolute Gasteiger partial charge is 0.493 e. The van der Waals surface area contributed by atoms with Gasteiger partial charge in [0.05, 0.1) is 11.9 Å². The van der Waals surface area contributed by atoms with E-state index >= 15 is 0 Å². The first-order chi connectivity index (χ1) is 10.6. The average molecular weight is 297 g/mol. The molecule has 0 bridgehead atoms. The Morgan fingerprint density at radius 1 is 1.18 bits per heavy atom. The van der Waals surface area contributed by atoms with Crippen molar-refractivity contribution >= 4 is 22.5 Å². The van der Waals surface area contributed by atoms with Gasteiger partial charge in [0.15, 0.2) is 5.69 Å². The molecule has 1 aromatic heterocycles. The van der Waals surface area contributed by atoms with Crippen LogP contribution in [0, 0.1) is 5.82 Å². The summed E-state index contributed by atoms with van der Waals surface area (Å²) >= 11 is 0. The predicted molar refractivity (Wildman–Crippen MR) is 79.6 cm³/mol. The van der Waals surface area contributed by atoms with Crippen molar-refractivity contribution in [3.05, 3.63) is 59.9 Å². The molecule has 0 unspecified atom stereocenters. The number of rotatable bonds is 3. The van der Waals surface area contributed by atoms with Crippen molar-refractivity contribution in [2.24, 2.45) is 10.2 Å². The molecule has 0 saturated heterocycles. The van der Waals surface area contributed by atoms with E-state index in [2.05, 4.69) is 15.2 Å². The summed E-state index contributed by atoms with van der Waals surface area (Å²) in [5.74, 6) is -1.16. The Bertz CT molecular complexity index is 856. The fourth-order valence-electron chi connectivity index (χ4n) is 2.15. The summed E-state index contributed by atoms with van der Waals surface area (Å²) < 4.78 is 13.3. The Kier molecular flexibility index (Phi) is 3.65. The maximum atomic E-state index is 13.3. The highest BCUT2D eigenvalue weighted by molar-refractivity contribution is 5.94. The molecule has 0 fully saturated rings. The van der Waals surface area contributed by atoms with Gasteiger partial charge in [0.1, 0.15) is 5.82 Å². The van der Waals surface area contributed by atoms with Crippen LogP contribution in [0.15, 0.2) is 58.8 Å². The standard InChI is InChI=1S/C16H12FN3O2/c17-11-6-7-13-12(9-11)15(16(22)18-13)20-19-14(21)8-10-4-2-1-3-5-10/h1-7,9,18,22H,8H2. The van der Waals surface area contributed by atoms with Gasteiger partial charge >= 0.3 is 0 Å². The van der Waals surface area contributed by atoms with Crippen LogP contribution < -0.4 is 0 Å². The van der Waals surface area contributed by atoms with E-state index in [-0.39, 0.29) is 18.0 Å². The molecular formula is C16H12FN3O2. The van der Waals surface area contributed by atoms with E-state index in [9.17, 15) is 14.3 Å². The lowest BCUT2D eigenvalue weighted by atomic mass is 10.1. The van der Waals surface area contributed by atoms with Crippen LogP contribution >= 0.6 is 0 Å². The normalized spacial score (nSPS) is 11.3. The Morgan fingerprint density at radius 2 is 1.95 bits per heavy atom. The number of carbonyl (C=O) groups is 1. The number of amides is 1. The predicted octanol–water partition coefficient (Wildman–Crippen LogP) is 3.87. The van der Waals surface area contributed by atoms with E-state index < -0.39 is 11.7 Å². The highest BCUT2D eigenvalue weighted by Crippen LogP contribution is 2.35. The number of nitrogens with zero attached hydrogens (tertiary/aromatic N) is 2. The Balaban J connectivity index is 1.85. The number of fused-ring (bicyclic) bond motifs is 1. The molecule has 3 rings (SSSR count). The van der Waals surface area contributed by atoms with Crippen LogP contribution in [0.3, 0.4) is 0 Å². The molecule has 0 saturated carbocycles. The van der Waals surface area contributed by atoms with E-state index in [0.717, 1.165) is 5.56 Å². The first-order valence-corrected chi connectivity index (χ1v) is 6.62. The minimum atomic E-state index is -0.460. The van der Waals surface area contributed by atoms with Crippen LogP contribution in [-0.4, -0.2) is 16.0 Å². The van der Waals surface area contributed by atoms with Crippen molar-refractivity contribution in [2.45, 2.75) is 6.42 Å². The zero-order valence-corrected chi connectivity index (χ0v) is 11.5. The minimum absolute atomic E-state index is 0.0518. The summed E-state index contributed by atoms with van der Waals surface area (Å²) in [5, 5.41) is 17.5. The molecule has 22 heavy (non-hydrogen) atoms. The van der Waals surface area contributed by atoms with E-state index in [1.165, 1.54) is 18.2 Å². The second-order valence-electron chi connectivity index (χ2n) is 4.77. The number of aromatic nitrogens is 1. The van der Waals surface area contributed by atoms with Crippen molar-refractivity contribution < 1.29 is 14.3 Å². The summed E-state index contributed by atoms with van der Waals surface area (Å²) in [7, 11) is 0. The zero-order valence-electron chi connectivity index (χ0n) is 11.5. The van der Waals surface area contributed by atoms with E-state index in [4.69, 9.17) is 0 Å². The molecule has 0 aliphatic heterocycles. The molecule has 0 aliphatic carbocycles. The molecule has 0 atom stereocenters. The lowest BCUT2D eigenvalue weighted by molar-refractivity contribution is -0.117. The zero-order chi connectivity index (χ0) is 15.5. The molecule has 0 radical (unpaired) electrons. The summed E-state index contributed by atoms with van der Waals surface area (Å²) in [4.78, 5) is 14.4. The fraction of sp³-hybridized carbons (Fsp3) is 0.0625. The lowest BCUT2D eigenvalue weighted by Gasteiger charge is -1.95. The third-order valence-electron chi connectivity index (χ3n) is 3.17.